The van der Waals surface area contributed by atoms with Crippen LogP contribution >= 0.6 is 0 Å². The van der Waals surface area contributed by atoms with E-state index in [1.807, 2.05) is 6.92 Å². The largest absolute Gasteiger partial charge is 0.497 e. The Morgan fingerprint density at radius 2 is 2.20 bits per heavy atom. The van der Waals surface area contributed by atoms with Gasteiger partial charge in [-0.15, -0.1) is 0 Å². The van der Waals surface area contributed by atoms with Crippen molar-refractivity contribution in [2.75, 3.05) is 20.2 Å². The van der Waals surface area contributed by atoms with E-state index >= 15 is 0 Å². The molecule has 1 fully saturated rings. The van der Waals surface area contributed by atoms with Gasteiger partial charge in [0.05, 0.1) is 13.0 Å². The highest BCUT2D eigenvalue weighted by Crippen LogP contribution is 2.24. The van der Waals surface area contributed by atoms with Gasteiger partial charge in [0.2, 0.25) is 0 Å². The number of piperidine rings is 1. The number of likely N-dealkylation sites (tertiary alicyclic amines) is 1. The zero-order valence-electron chi connectivity index (χ0n) is 11.8. The zero-order chi connectivity index (χ0) is 14.7. The van der Waals surface area contributed by atoms with E-state index in [1.54, 1.807) is 6.07 Å². The van der Waals surface area contributed by atoms with E-state index in [1.165, 1.54) is 19.2 Å². The van der Waals surface area contributed by atoms with Crippen molar-refractivity contribution in [1.82, 2.24) is 4.90 Å². The Kier molecular flexibility index (Phi) is 4.60. The highest BCUT2D eigenvalue weighted by molar-refractivity contribution is 5.70. The minimum absolute atomic E-state index is 0.334. The minimum Gasteiger partial charge on any atom is -0.497 e. The Bertz CT molecular complexity index is 492. The topological polar surface area (TPSA) is 49.8 Å². The van der Waals surface area contributed by atoms with Gasteiger partial charge < -0.3 is 9.84 Å². The molecule has 0 saturated carbocycles. The number of carboxylic acids is 1. The van der Waals surface area contributed by atoms with Crippen molar-refractivity contribution in [3.8, 4) is 5.75 Å². The highest BCUT2D eigenvalue weighted by Gasteiger charge is 2.29. The molecule has 0 amide bonds. The summed E-state index contributed by atoms with van der Waals surface area (Å²) in [4.78, 5) is 13.2. The molecule has 1 saturated heterocycles. The van der Waals surface area contributed by atoms with E-state index in [2.05, 4.69) is 4.90 Å². The van der Waals surface area contributed by atoms with Crippen LogP contribution < -0.4 is 4.74 Å². The summed E-state index contributed by atoms with van der Waals surface area (Å²) in [5.74, 6) is -0.605. The molecule has 0 aliphatic carbocycles. The maximum Gasteiger partial charge on any atom is 0.307 e. The van der Waals surface area contributed by atoms with E-state index in [-0.39, 0.29) is 11.7 Å². The maximum atomic E-state index is 13.5. The molecule has 1 aromatic rings. The Hall–Kier alpha value is -1.62. The molecule has 20 heavy (non-hydrogen) atoms. The second-order valence-electron chi connectivity index (χ2n) is 5.57. The molecule has 110 valence electrons. The predicted octanol–water partition coefficient (Wildman–Crippen LogP) is 2.38. The number of nitrogens with zero attached hydrogens (tertiary/aromatic N) is 1. The molecule has 1 aliphatic rings. The average molecular weight is 281 g/mol. The average Bonchev–Trinajstić information content (AvgIpc) is 2.37. The lowest BCUT2D eigenvalue weighted by Gasteiger charge is -2.34. The fourth-order valence-corrected chi connectivity index (χ4v) is 2.86. The molecule has 1 aliphatic heterocycles. The lowest BCUT2D eigenvalue weighted by atomic mass is 9.90. The third-order valence-electron chi connectivity index (χ3n) is 3.66. The summed E-state index contributed by atoms with van der Waals surface area (Å²) < 4.78 is 18.5. The molecular weight excluding hydrogens is 261 g/mol. The number of carboxylic acid groups (broad SMARTS) is 1. The number of aliphatic carboxylic acids is 1. The van der Waals surface area contributed by atoms with Crippen LogP contribution in [-0.2, 0) is 11.3 Å². The smallest absolute Gasteiger partial charge is 0.307 e. The van der Waals surface area contributed by atoms with Crippen molar-refractivity contribution >= 4 is 5.97 Å². The molecule has 0 radical (unpaired) electrons. The SMILES string of the molecule is COc1cc(F)cc(CN2CC(C)CC(C(=O)O)C2)c1. The molecule has 5 heteroatoms. The zero-order valence-corrected chi connectivity index (χ0v) is 11.8. The molecule has 0 aromatic heterocycles. The van der Waals surface area contributed by atoms with Gasteiger partial charge in [-0.2, -0.15) is 0 Å². The predicted molar refractivity (Wildman–Crippen MR) is 73.1 cm³/mol. The Morgan fingerprint density at radius 3 is 2.85 bits per heavy atom. The van der Waals surface area contributed by atoms with Crippen LogP contribution in [0.2, 0.25) is 0 Å². The third-order valence-corrected chi connectivity index (χ3v) is 3.66. The number of carbonyl (C=O) groups is 1. The maximum absolute atomic E-state index is 13.5. The van der Waals surface area contributed by atoms with Crippen LogP contribution in [0.3, 0.4) is 0 Å². The molecule has 4 nitrogen and oxygen atoms in total. The van der Waals surface area contributed by atoms with Crippen molar-refractivity contribution in [3.05, 3.63) is 29.6 Å². The van der Waals surface area contributed by atoms with E-state index in [0.29, 0.717) is 31.2 Å². The Morgan fingerprint density at radius 1 is 1.45 bits per heavy atom. The number of benzene rings is 1. The second kappa shape index (κ2) is 6.22. The molecule has 0 spiro atoms. The van der Waals surface area contributed by atoms with Gasteiger partial charge in [0, 0.05) is 25.7 Å². The number of halogens is 1. The van der Waals surface area contributed by atoms with E-state index in [9.17, 15) is 9.18 Å². The van der Waals surface area contributed by atoms with E-state index in [4.69, 9.17) is 9.84 Å². The minimum atomic E-state index is -0.752. The lowest BCUT2D eigenvalue weighted by molar-refractivity contribution is -0.144. The monoisotopic (exact) mass is 281 g/mol. The first-order valence-corrected chi connectivity index (χ1v) is 6.76. The van der Waals surface area contributed by atoms with Gasteiger partial charge in [0.15, 0.2) is 0 Å². The van der Waals surface area contributed by atoms with Gasteiger partial charge in [-0.3, -0.25) is 9.69 Å². The van der Waals surface area contributed by atoms with Crippen LogP contribution in [0.5, 0.6) is 5.75 Å². The summed E-state index contributed by atoms with van der Waals surface area (Å²) in [7, 11) is 1.50. The van der Waals surface area contributed by atoms with Crippen LogP contribution in [0, 0.1) is 17.7 Å². The number of methoxy groups -OCH3 is 1. The summed E-state index contributed by atoms with van der Waals surface area (Å²) in [5.41, 5.74) is 0.806. The summed E-state index contributed by atoms with van der Waals surface area (Å²) in [5, 5.41) is 9.16. The van der Waals surface area contributed by atoms with Crippen LogP contribution in [0.15, 0.2) is 18.2 Å². The second-order valence-corrected chi connectivity index (χ2v) is 5.57. The van der Waals surface area contributed by atoms with Crippen molar-refractivity contribution in [3.63, 3.8) is 0 Å². The summed E-state index contributed by atoms with van der Waals surface area (Å²) in [6.07, 6.45) is 0.707. The number of rotatable bonds is 4. The quantitative estimate of drug-likeness (QED) is 0.920. The lowest BCUT2D eigenvalue weighted by Crippen LogP contribution is -2.41. The molecule has 2 atom stereocenters. The summed E-state index contributed by atoms with van der Waals surface area (Å²) >= 11 is 0. The van der Waals surface area contributed by atoms with Crippen molar-refractivity contribution in [1.29, 1.82) is 0 Å². The molecule has 1 aromatic carbocycles. The number of hydrogen-bond donors (Lipinski definition) is 1. The van der Waals surface area contributed by atoms with Gasteiger partial charge in [0.25, 0.3) is 0 Å². The fraction of sp³-hybridized carbons (Fsp3) is 0.533. The molecule has 0 bridgehead atoms. The van der Waals surface area contributed by atoms with Crippen molar-refractivity contribution in [2.24, 2.45) is 11.8 Å². The number of hydrogen-bond acceptors (Lipinski definition) is 3. The van der Waals surface area contributed by atoms with Gasteiger partial charge in [0.1, 0.15) is 11.6 Å². The van der Waals surface area contributed by atoms with Crippen molar-refractivity contribution < 1.29 is 19.0 Å². The number of ether oxygens (including phenoxy) is 1. The van der Waals surface area contributed by atoms with E-state index < -0.39 is 5.97 Å². The Labute approximate surface area is 118 Å². The molecule has 1 heterocycles. The molecular formula is C15H20FNO3. The third kappa shape index (κ3) is 3.70. The highest BCUT2D eigenvalue weighted by atomic mass is 19.1. The van der Waals surface area contributed by atoms with Crippen LogP contribution in [-0.4, -0.2) is 36.2 Å². The van der Waals surface area contributed by atoms with Gasteiger partial charge in [-0.1, -0.05) is 6.92 Å². The van der Waals surface area contributed by atoms with Gasteiger partial charge in [-0.25, -0.2) is 4.39 Å². The standard InChI is InChI=1S/C15H20FNO3/c1-10-3-12(15(18)19)9-17(7-10)8-11-4-13(16)6-14(5-11)20-2/h4-6,10,12H,3,7-9H2,1-2H3,(H,18,19). The fourth-order valence-electron chi connectivity index (χ4n) is 2.86. The first kappa shape index (κ1) is 14.8. The van der Waals surface area contributed by atoms with Crippen LogP contribution in [0.1, 0.15) is 18.9 Å². The van der Waals surface area contributed by atoms with Gasteiger partial charge >= 0.3 is 5.97 Å². The first-order valence-electron chi connectivity index (χ1n) is 6.76. The molecule has 2 rings (SSSR count). The van der Waals surface area contributed by atoms with Crippen LogP contribution in [0.4, 0.5) is 4.39 Å². The van der Waals surface area contributed by atoms with Crippen LogP contribution in [0.25, 0.3) is 0 Å². The summed E-state index contributed by atoms with van der Waals surface area (Å²) in [6.45, 7) is 3.94. The first-order chi connectivity index (χ1) is 9.47. The summed E-state index contributed by atoms with van der Waals surface area (Å²) in [6, 6.07) is 4.60. The molecule has 1 N–H and O–H groups in total. The van der Waals surface area contributed by atoms with Gasteiger partial charge in [-0.05, 0) is 30.0 Å². The van der Waals surface area contributed by atoms with E-state index in [0.717, 1.165) is 12.1 Å². The molecule has 2 unspecified atom stereocenters. The normalized spacial score (nSPS) is 23.6. The Balaban J connectivity index is 2.08. The van der Waals surface area contributed by atoms with Crippen molar-refractivity contribution in [2.45, 2.75) is 19.9 Å².